The smallest absolute Gasteiger partial charge is 0.0906 e. The second-order valence-corrected chi connectivity index (χ2v) is 7.48. The van der Waals surface area contributed by atoms with Crippen molar-refractivity contribution >= 4 is 0 Å². The van der Waals surface area contributed by atoms with E-state index >= 15 is 0 Å². The van der Waals surface area contributed by atoms with Crippen LogP contribution in [0.25, 0.3) is 0 Å². The van der Waals surface area contributed by atoms with E-state index in [-0.39, 0.29) is 12.1 Å². The third-order valence-corrected chi connectivity index (χ3v) is 4.66. The Morgan fingerprint density at radius 2 is 1.71 bits per heavy atom. The quantitative estimate of drug-likeness (QED) is 0.766. The zero-order chi connectivity index (χ0) is 15.3. The Morgan fingerprint density at radius 1 is 1.10 bits per heavy atom. The van der Waals surface area contributed by atoms with Crippen LogP contribution < -0.4 is 0 Å². The summed E-state index contributed by atoms with van der Waals surface area (Å²) in [7, 11) is 0. The zero-order valence-electron chi connectivity index (χ0n) is 13.9. The third-order valence-electron chi connectivity index (χ3n) is 4.66. The largest absolute Gasteiger partial charge is 0.303 e. The molecular weight excluding hydrogens is 261 g/mol. The first-order chi connectivity index (χ1) is 9.99. The van der Waals surface area contributed by atoms with Crippen LogP contribution in [-0.4, -0.2) is 31.2 Å². The van der Waals surface area contributed by atoms with Gasteiger partial charge in [0.1, 0.15) is 0 Å². The summed E-state index contributed by atoms with van der Waals surface area (Å²) in [4.78, 5) is 2.42. The molecule has 0 atom stereocenters. The van der Waals surface area contributed by atoms with Crippen molar-refractivity contribution in [2.24, 2.45) is 5.92 Å². The Bertz CT molecular complexity index is 410. The predicted molar refractivity (Wildman–Crippen MR) is 88.6 cm³/mol. The second-order valence-electron chi connectivity index (χ2n) is 7.48. The van der Waals surface area contributed by atoms with Gasteiger partial charge >= 0.3 is 0 Å². The van der Waals surface area contributed by atoms with Crippen molar-refractivity contribution in [3.63, 3.8) is 0 Å². The van der Waals surface area contributed by atoms with Crippen molar-refractivity contribution in [3.05, 3.63) is 35.4 Å². The average molecular weight is 291 g/mol. The molecular formula is C19H30FN. The van der Waals surface area contributed by atoms with Crippen molar-refractivity contribution in [3.8, 4) is 0 Å². The lowest BCUT2D eigenvalue weighted by Crippen LogP contribution is -2.35. The number of halogens is 1. The molecule has 1 heterocycles. The maximum absolute atomic E-state index is 12.2. The van der Waals surface area contributed by atoms with Gasteiger partial charge in [-0.15, -0.1) is 0 Å². The molecule has 21 heavy (non-hydrogen) atoms. The molecule has 1 aromatic rings. The SMILES string of the molecule is CC(C)(C)c1ccc(CC2CCN(CCCF)CC2)cc1. The molecule has 2 heteroatoms. The van der Waals surface area contributed by atoms with E-state index in [2.05, 4.69) is 49.9 Å². The average Bonchev–Trinajstić information content (AvgIpc) is 2.46. The van der Waals surface area contributed by atoms with E-state index in [0.29, 0.717) is 6.42 Å². The molecule has 0 radical (unpaired) electrons. The summed E-state index contributed by atoms with van der Waals surface area (Å²) in [6, 6.07) is 9.17. The van der Waals surface area contributed by atoms with Crippen LogP contribution >= 0.6 is 0 Å². The van der Waals surface area contributed by atoms with E-state index < -0.39 is 0 Å². The number of piperidine rings is 1. The zero-order valence-corrected chi connectivity index (χ0v) is 13.9. The van der Waals surface area contributed by atoms with Gasteiger partial charge in [-0.3, -0.25) is 4.39 Å². The molecule has 1 saturated heterocycles. The lowest BCUT2D eigenvalue weighted by atomic mass is 9.85. The number of likely N-dealkylation sites (tertiary alicyclic amines) is 1. The number of alkyl halides is 1. The highest BCUT2D eigenvalue weighted by atomic mass is 19.1. The molecule has 0 aliphatic carbocycles. The van der Waals surface area contributed by atoms with E-state index in [4.69, 9.17) is 0 Å². The van der Waals surface area contributed by atoms with Gasteiger partial charge in [-0.05, 0) is 61.2 Å². The molecule has 0 aromatic heterocycles. The van der Waals surface area contributed by atoms with Crippen LogP contribution in [0.15, 0.2) is 24.3 Å². The van der Waals surface area contributed by atoms with Crippen LogP contribution in [0.4, 0.5) is 4.39 Å². The molecule has 1 aromatic carbocycles. The molecule has 118 valence electrons. The molecule has 0 saturated carbocycles. The van der Waals surface area contributed by atoms with Gasteiger partial charge < -0.3 is 4.90 Å². The van der Waals surface area contributed by atoms with Gasteiger partial charge in [0.05, 0.1) is 6.67 Å². The highest BCUT2D eigenvalue weighted by molar-refractivity contribution is 5.27. The fourth-order valence-corrected chi connectivity index (χ4v) is 3.17. The maximum atomic E-state index is 12.2. The Kier molecular flexibility index (Phi) is 5.80. The van der Waals surface area contributed by atoms with E-state index in [1.165, 1.54) is 30.4 Å². The lowest BCUT2D eigenvalue weighted by molar-refractivity contribution is 0.178. The number of hydrogen-bond donors (Lipinski definition) is 0. The number of nitrogens with zero attached hydrogens (tertiary/aromatic N) is 1. The molecule has 0 N–H and O–H groups in total. The van der Waals surface area contributed by atoms with Crippen LogP contribution in [0.5, 0.6) is 0 Å². The van der Waals surface area contributed by atoms with E-state index in [1.54, 1.807) is 0 Å². The first-order valence-corrected chi connectivity index (χ1v) is 8.37. The van der Waals surface area contributed by atoms with Crippen LogP contribution in [0.1, 0.15) is 51.2 Å². The first kappa shape index (κ1) is 16.5. The monoisotopic (exact) mass is 291 g/mol. The van der Waals surface area contributed by atoms with Crippen molar-refractivity contribution in [2.75, 3.05) is 26.3 Å². The summed E-state index contributed by atoms with van der Waals surface area (Å²) in [5, 5.41) is 0. The summed E-state index contributed by atoms with van der Waals surface area (Å²) in [6.45, 7) is 9.82. The Labute approximate surface area is 129 Å². The van der Waals surface area contributed by atoms with Crippen molar-refractivity contribution in [2.45, 2.75) is 51.9 Å². The Morgan fingerprint density at radius 3 is 2.24 bits per heavy atom. The molecule has 1 nitrogen and oxygen atoms in total. The highest BCUT2D eigenvalue weighted by Gasteiger charge is 2.19. The number of rotatable bonds is 5. The van der Waals surface area contributed by atoms with Crippen molar-refractivity contribution < 1.29 is 4.39 Å². The van der Waals surface area contributed by atoms with Crippen LogP contribution in [0.3, 0.4) is 0 Å². The van der Waals surface area contributed by atoms with E-state index in [1.807, 2.05) is 0 Å². The number of hydrogen-bond acceptors (Lipinski definition) is 1. The summed E-state index contributed by atoms with van der Waals surface area (Å²) in [5.41, 5.74) is 3.11. The minimum atomic E-state index is -0.181. The summed E-state index contributed by atoms with van der Waals surface area (Å²) >= 11 is 0. The van der Waals surface area contributed by atoms with Gasteiger partial charge in [0.15, 0.2) is 0 Å². The minimum absolute atomic E-state index is 0.181. The summed E-state index contributed by atoms with van der Waals surface area (Å²) in [6.07, 6.45) is 4.40. The molecule has 1 fully saturated rings. The summed E-state index contributed by atoms with van der Waals surface area (Å²) < 4.78 is 12.2. The fraction of sp³-hybridized carbons (Fsp3) is 0.684. The molecule has 0 amide bonds. The normalized spacial score (nSPS) is 18.1. The van der Waals surface area contributed by atoms with Gasteiger partial charge in [-0.25, -0.2) is 0 Å². The predicted octanol–water partition coefficient (Wildman–Crippen LogP) is 4.60. The molecule has 2 rings (SSSR count). The standard InChI is InChI=1S/C19H30FN/c1-19(2,3)18-7-5-16(6-8-18)15-17-9-13-21(14-10-17)12-4-11-20/h5-8,17H,4,9-15H2,1-3H3. The molecule has 0 unspecified atom stereocenters. The van der Waals surface area contributed by atoms with Gasteiger partial charge in [-0.1, -0.05) is 45.0 Å². The first-order valence-electron chi connectivity index (χ1n) is 8.37. The number of benzene rings is 1. The fourth-order valence-electron chi connectivity index (χ4n) is 3.17. The lowest BCUT2D eigenvalue weighted by Gasteiger charge is -2.31. The molecule has 0 bridgehead atoms. The molecule has 0 spiro atoms. The van der Waals surface area contributed by atoms with Gasteiger partial charge in [-0.2, -0.15) is 0 Å². The minimum Gasteiger partial charge on any atom is -0.303 e. The van der Waals surface area contributed by atoms with Crippen molar-refractivity contribution in [1.82, 2.24) is 4.90 Å². The van der Waals surface area contributed by atoms with Gasteiger partial charge in [0.25, 0.3) is 0 Å². The van der Waals surface area contributed by atoms with Gasteiger partial charge in [0, 0.05) is 6.54 Å². The van der Waals surface area contributed by atoms with E-state index in [0.717, 1.165) is 25.6 Å². The maximum Gasteiger partial charge on any atom is 0.0906 e. The molecule has 1 aliphatic rings. The highest BCUT2D eigenvalue weighted by Crippen LogP contribution is 2.25. The third kappa shape index (κ3) is 5.10. The van der Waals surface area contributed by atoms with Crippen LogP contribution in [0.2, 0.25) is 0 Å². The summed E-state index contributed by atoms with van der Waals surface area (Å²) in [5.74, 6) is 0.798. The van der Waals surface area contributed by atoms with Gasteiger partial charge in [0.2, 0.25) is 0 Å². The van der Waals surface area contributed by atoms with Crippen molar-refractivity contribution in [1.29, 1.82) is 0 Å². The Balaban J connectivity index is 1.81. The van der Waals surface area contributed by atoms with Crippen LogP contribution in [-0.2, 0) is 11.8 Å². The topological polar surface area (TPSA) is 3.24 Å². The van der Waals surface area contributed by atoms with Crippen LogP contribution in [0, 0.1) is 5.92 Å². The second kappa shape index (κ2) is 7.40. The molecule has 1 aliphatic heterocycles. The Hall–Kier alpha value is -0.890. The van der Waals surface area contributed by atoms with E-state index in [9.17, 15) is 4.39 Å².